The Labute approximate surface area is 185 Å². The van der Waals surface area contributed by atoms with E-state index in [1.54, 1.807) is 18.2 Å². The summed E-state index contributed by atoms with van der Waals surface area (Å²) in [6, 6.07) is 5.07. The fourth-order valence-electron chi connectivity index (χ4n) is 4.58. The Hall–Kier alpha value is -3.07. The second kappa shape index (κ2) is 9.20. The fraction of sp³-hybridized carbons (Fsp3) is 0.522. The number of nitrogens with zero attached hydrogens (tertiary/aromatic N) is 1. The quantitative estimate of drug-likeness (QED) is 0.720. The molecule has 1 fully saturated rings. The molecule has 1 aromatic heterocycles. The van der Waals surface area contributed by atoms with Gasteiger partial charge >= 0.3 is 5.97 Å². The van der Waals surface area contributed by atoms with Gasteiger partial charge in [0.15, 0.2) is 11.5 Å². The molecule has 0 radical (unpaired) electrons. The minimum atomic E-state index is -1.11. The topological polar surface area (TPSA) is 105 Å². The average Bonchev–Trinajstić information content (AvgIpc) is 2.92. The number of rotatable bonds is 4. The number of carbonyl (C=O) groups excluding carboxylic acids is 2. The first-order valence-electron chi connectivity index (χ1n) is 10.9. The maximum absolute atomic E-state index is 13.4. The van der Waals surface area contributed by atoms with Crippen LogP contribution >= 0.6 is 0 Å². The van der Waals surface area contributed by atoms with Gasteiger partial charge < -0.3 is 28.8 Å². The third-order valence-electron chi connectivity index (χ3n) is 6.21. The van der Waals surface area contributed by atoms with Crippen molar-refractivity contribution in [2.24, 2.45) is 0 Å². The van der Waals surface area contributed by atoms with Crippen molar-refractivity contribution in [3.63, 3.8) is 0 Å². The van der Waals surface area contributed by atoms with E-state index in [1.807, 2.05) is 0 Å². The SMILES string of the molecule is COC(=O)C1(NC(=O)c2cc3ccc(OC)c4c3n(c2=O)CCOCCO4)CCCCC1. The minimum Gasteiger partial charge on any atom is -0.493 e. The van der Waals surface area contributed by atoms with Gasteiger partial charge in [-0.3, -0.25) is 9.59 Å². The van der Waals surface area contributed by atoms with Crippen LogP contribution in [0.1, 0.15) is 42.5 Å². The number of methoxy groups -OCH3 is 2. The molecule has 9 heteroatoms. The van der Waals surface area contributed by atoms with Crippen molar-refractivity contribution in [2.45, 2.75) is 44.2 Å². The van der Waals surface area contributed by atoms with E-state index in [9.17, 15) is 14.4 Å². The molecule has 1 saturated carbocycles. The number of carbonyl (C=O) groups is 2. The van der Waals surface area contributed by atoms with Crippen molar-refractivity contribution in [1.29, 1.82) is 0 Å². The highest BCUT2D eigenvalue weighted by Crippen LogP contribution is 2.36. The zero-order valence-corrected chi connectivity index (χ0v) is 18.4. The minimum absolute atomic E-state index is 0.0401. The zero-order valence-electron chi connectivity index (χ0n) is 18.4. The Morgan fingerprint density at radius 2 is 1.88 bits per heavy atom. The van der Waals surface area contributed by atoms with Gasteiger partial charge in [-0.15, -0.1) is 0 Å². The van der Waals surface area contributed by atoms with Gasteiger partial charge in [-0.1, -0.05) is 19.3 Å². The molecule has 0 unspecified atom stereocenters. The predicted octanol–water partition coefficient (Wildman–Crippen LogP) is 2.02. The molecule has 0 atom stereocenters. The molecule has 1 aliphatic heterocycles. The second-order valence-electron chi connectivity index (χ2n) is 8.10. The first-order chi connectivity index (χ1) is 15.5. The molecular weight excluding hydrogens is 416 g/mol. The van der Waals surface area contributed by atoms with E-state index in [4.69, 9.17) is 18.9 Å². The van der Waals surface area contributed by atoms with Crippen LogP contribution in [0.25, 0.3) is 10.9 Å². The third-order valence-corrected chi connectivity index (χ3v) is 6.21. The Bertz CT molecular complexity index is 1090. The molecule has 1 aliphatic carbocycles. The first-order valence-corrected chi connectivity index (χ1v) is 10.9. The summed E-state index contributed by atoms with van der Waals surface area (Å²) in [5.41, 5.74) is -1.08. The number of esters is 1. The molecular formula is C23H28N2O7. The summed E-state index contributed by atoms with van der Waals surface area (Å²) in [4.78, 5) is 39.3. The molecule has 2 heterocycles. The van der Waals surface area contributed by atoms with Gasteiger partial charge in [0.2, 0.25) is 0 Å². The van der Waals surface area contributed by atoms with Crippen LogP contribution in [0.2, 0.25) is 0 Å². The van der Waals surface area contributed by atoms with Crippen LogP contribution in [-0.4, -0.2) is 56.0 Å². The van der Waals surface area contributed by atoms with Gasteiger partial charge in [0, 0.05) is 11.9 Å². The number of hydrogen-bond acceptors (Lipinski definition) is 7. The lowest BCUT2D eigenvalue weighted by atomic mass is 9.81. The molecule has 9 nitrogen and oxygen atoms in total. The Kier molecular flexibility index (Phi) is 6.36. The summed E-state index contributed by atoms with van der Waals surface area (Å²) in [6.07, 6.45) is 3.55. The van der Waals surface area contributed by atoms with Crippen LogP contribution in [0.3, 0.4) is 0 Å². The van der Waals surface area contributed by atoms with Crippen LogP contribution in [0.15, 0.2) is 23.0 Å². The highest BCUT2D eigenvalue weighted by Gasteiger charge is 2.42. The number of benzene rings is 1. The molecule has 172 valence electrons. The lowest BCUT2D eigenvalue weighted by Crippen LogP contribution is -2.56. The van der Waals surface area contributed by atoms with Crippen LogP contribution in [0.5, 0.6) is 11.5 Å². The number of amides is 1. The predicted molar refractivity (Wildman–Crippen MR) is 116 cm³/mol. The Morgan fingerprint density at radius 1 is 1.09 bits per heavy atom. The van der Waals surface area contributed by atoms with Crippen LogP contribution in [0, 0.1) is 0 Å². The largest absolute Gasteiger partial charge is 0.493 e. The lowest BCUT2D eigenvalue weighted by Gasteiger charge is -2.35. The normalized spacial score (nSPS) is 17.9. The van der Waals surface area contributed by atoms with E-state index in [2.05, 4.69) is 5.32 Å². The van der Waals surface area contributed by atoms with E-state index in [0.29, 0.717) is 55.1 Å². The van der Waals surface area contributed by atoms with E-state index in [-0.39, 0.29) is 12.1 Å². The monoisotopic (exact) mass is 444 g/mol. The molecule has 1 N–H and O–H groups in total. The molecule has 0 bridgehead atoms. The van der Waals surface area contributed by atoms with Gasteiger partial charge in [-0.2, -0.15) is 0 Å². The van der Waals surface area contributed by atoms with Crippen molar-refractivity contribution in [2.75, 3.05) is 34.0 Å². The van der Waals surface area contributed by atoms with Crippen LogP contribution < -0.4 is 20.3 Å². The summed E-state index contributed by atoms with van der Waals surface area (Å²) >= 11 is 0. The first kappa shape index (κ1) is 22.1. The van der Waals surface area contributed by atoms with Crippen LogP contribution in [0.4, 0.5) is 0 Å². The number of nitrogens with one attached hydrogen (secondary N) is 1. The molecule has 2 aromatic rings. The molecule has 32 heavy (non-hydrogen) atoms. The smallest absolute Gasteiger partial charge is 0.331 e. The zero-order chi connectivity index (χ0) is 22.7. The van der Waals surface area contributed by atoms with Crippen molar-refractivity contribution < 1.29 is 28.5 Å². The number of pyridine rings is 1. The number of ether oxygens (including phenoxy) is 4. The van der Waals surface area contributed by atoms with Crippen molar-refractivity contribution >= 4 is 22.8 Å². The van der Waals surface area contributed by atoms with Gasteiger partial charge in [0.1, 0.15) is 17.7 Å². The molecule has 1 aromatic carbocycles. The highest BCUT2D eigenvalue weighted by molar-refractivity contribution is 6.01. The molecule has 0 saturated heterocycles. The lowest BCUT2D eigenvalue weighted by molar-refractivity contribution is -0.149. The number of hydrogen-bond donors (Lipinski definition) is 1. The van der Waals surface area contributed by atoms with Gasteiger partial charge in [-0.05, 0) is 31.0 Å². The second-order valence-corrected chi connectivity index (χ2v) is 8.10. The third kappa shape index (κ3) is 3.92. The maximum Gasteiger partial charge on any atom is 0.331 e. The maximum atomic E-state index is 13.4. The number of aromatic nitrogens is 1. The van der Waals surface area contributed by atoms with E-state index < -0.39 is 23.0 Å². The fourth-order valence-corrected chi connectivity index (χ4v) is 4.58. The van der Waals surface area contributed by atoms with Crippen molar-refractivity contribution in [1.82, 2.24) is 9.88 Å². The van der Waals surface area contributed by atoms with Gasteiger partial charge in [-0.25, -0.2) is 4.79 Å². The van der Waals surface area contributed by atoms with E-state index in [1.165, 1.54) is 18.8 Å². The molecule has 1 amide bonds. The van der Waals surface area contributed by atoms with E-state index >= 15 is 0 Å². The van der Waals surface area contributed by atoms with E-state index in [0.717, 1.165) is 19.3 Å². The van der Waals surface area contributed by atoms with Gasteiger partial charge in [0.05, 0.1) is 33.0 Å². The van der Waals surface area contributed by atoms with Crippen LogP contribution in [-0.2, 0) is 20.8 Å². The Morgan fingerprint density at radius 3 is 2.59 bits per heavy atom. The summed E-state index contributed by atoms with van der Waals surface area (Å²) in [6.45, 7) is 1.24. The Balaban J connectivity index is 1.82. The van der Waals surface area contributed by atoms with Crippen molar-refractivity contribution in [3.8, 4) is 11.5 Å². The van der Waals surface area contributed by atoms with Crippen molar-refractivity contribution in [3.05, 3.63) is 34.1 Å². The molecule has 0 spiro atoms. The molecule has 4 rings (SSSR count). The summed E-state index contributed by atoms with van der Waals surface area (Å²) < 4.78 is 23.3. The van der Waals surface area contributed by atoms with Gasteiger partial charge in [0.25, 0.3) is 11.5 Å². The summed E-state index contributed by atoms with van der Waals surface area (Å²) in [5, 5.41) is 3.49. The standard InChI is InChI=1S/C23H28N2O7/c1-29-17-7-6-15-14-16(20(26)24-23(22(28)30-2)8-4-3-5-9-23)21(27)25-10-11-31-12-13-32-19(17)18(15)25/h6-7,14H,3-5,8-13H2,1-2H3,(H,24,26). The summed E-state index contributed by atoms with van der Waals surface area (Å²) in [7, 11) is 2.84. The average molecular weight is 444 g/mol. The molecule has 2 aliphatic rings. The summed E-state index contributed by atoms with van der Waals surface area (Å²) in [5.74, 6) is -0.132. The highest BCUT2D eigenvalue weighted by atomic mass is 16.5.